The zero-order valence-electron chi connectivity index (χ0n) is 28.7. The predicted molar refractivity (Wildman–Crippen MR) is 221 cm³/mol. The van der Waals surface area contributed by atoms with Crippen LogP contribution in [0.3, 0.4) is 0 Å². The number of aryl methyl sites for hydroxylation is 2. The normalized spacial score (nSPS) is 12.7. The lowest BCUT2D eigenvalue weighted by Gasteiger charge is -2.17. The van der Waals surface area contributed by atoms with Crippen LogP contribution in [0.2, 0.25) is 0 Å². The number of aromatic nitrogens is 3. The second-order valence-electron chi connectivity index (χ2n) is 14.6. The minimum absolute atomic E-state index is 0.728. The molecule has 0 amide bonds. The third-order valence-electron chi connectivity index (χ3n) is 11.3. The van der Waals surface area contributed by atoms with E-state index in [0.717, 1.165) is 34.7 Å². The second-order valence-corrected chi connectivity index (χ2v) is 15.7. The van der Waals surface area contributed by atoms with E-state index in [9.17, 15) is 0 Å². The van der Waals surface area contributed by atoms with Gasteiger partial charge in [-0.1, -0.05) is 72.3 Å². The molecule has 0 atom stereocenters. The molecule has 15 rings (SSSR count). The highest BCUT2D eigenvalue weighted by atomic mass is 32.1. The summed E-state index contributed by atoms with van der Waals surface area (Å²) >= 11 is 1.88. The number of rotatable bonds is 0. The Morgan fingerprint density at radius 1 is 0.538 bits per heavy atom. The molecule has 6 bridgehead atoms. The van der Waals surface area contributed by atoms with Crippen LogP contribution >= 0.6 is 11.3 Å². The number of hydrogen-bond acceptors (Lipinski definition) is 2. The summed E-state index contributed by atoms with van der Waals surface area (Å²) < 4.78 is 7.52. The number of nitrogens with zero attached hydrogens (tertiary/aromatic N) is 3. The zero-order valence-corrected chi connectivity index (χ0v) is 29.6. The Bertz CT molecular complexity index is 3340. The highest BCUT2D eigenvalue weighted by Gasteiger charge is 2.22. The summed E-state index contributed by atoms with van der Waals surface area (Å²) in [6, 6.07) is 52.6. The molecular formula is C48H31N3S. The fourth-order valence-corrected chi connectivity index (χ4v) is 10.3. The number of imidazole rings is 1. The molecule has 0 saturated heterocycles. The minimum Gasteiger partial charge on any atom is -0.309 e. The Labute approximate surface area is 303 Å². The predicted octanol–water partition coefficient (Wildman–Crippen LogP) is 13.0. The van der Waals surface area contributed by atoms with Crippen molar-refractivity contribution in [2.45, 2.75) is 20.3 Å². The Balaban J connectivity index is 1.26. The van der Waals surface area contributed by atoms with Gasteiger partial charge in [-0.2, -0.15) is 0 Å². The van der Waals surface area contributed by atoms with E-state index in [-0.39, 0.29) is 0 Å². The summed E-state index contributed by atoms with van der Waals surface area (Å²) in [5.74, 6) is 1.04. The van der Waals surface area contributed by atoms with Crippen molar-refractivity contribution in [2.24, 2.45) is 0 Å². The van der Waals surface area contributed by atoms with Crippen LogP contribution in [0.1, 0.15) is 22.5 Å². The Hall–Kier alpha value is -6.23. The highest BCUT2D eigenvalue weighted by molar-refractivity contribution is 7.25. The van der Waals surface area contributed by atoms with Gasteiger partial charge in [0, 0.05) is 54.3 Å². The van der Waals surface area contributed by atoms with Gasteiger partial charge < -0.3 is 4.57 Å². The number of benzene rings is 8. The van der Waals surface area contributed by atoms with Crippen LogP contribution < -0.4 is 0 Å². The lowest BCUT2D eigenvalue weighted by Crippen LogP contribution is -2.04. The number of para-hydroxylation sites is 2. The molecule has 8 aromatic carbocycles. The topological polar surface area (TPSA) is 22.8 Å². The molecule has 3 aromatic heterocycles. The average Bonchev–Trinajstić information content (AvgIpc) is 3.81. The maximum Gasteiger partial charge on any atom is 0.118 e. The molecule has 4 aliphatic heterocycles. The van der Waals surface area contributed by atoms with Crippen LogP contribution in [0.15, 0.2) is 140 Å². The van der Waals surface area contributed by atoms with Crippen molar-refractivity contribution in [3.63, 3.8) is 0 Å². The SMILES string of the molecule is Cc1cc2c3c(ccc4cc(ccc43)-c3cc(C)cc4c5cc6c(cc5n(c34)-c3ccc(cc3)-n3c(nc4ccccc43)C2)sc2ccccc26)c1. The van der Waals surface area contributed by atoms with Crippen LogP contribution in [-0.4, -0.2) is 14.1 Å². The Kier molecular flexibility index (Phi) is 5.58. The van der Waals surface area contributed by atoms with Gasteiger partial charge in [-0.15, -0.1) is 11.3 Å². The zero-order chi connectivity index (χ0) is 34.2. The van der Waals surface area contributed by atoms with Crippen LogP contribution in [0, 0.1) is 13.8 Å². The second kappa shape index (κ2) is 10.2. The highest BCUT2D eigenvalue weighted by Crippen LogP contribution is 2.44. The molecule has 0 N–H and O–H groups in total. The van der Waals surface area contributed by atoms with E-state index in [1.54, 1.807) is 0 Å². The van der Waals surface area contributed by atoms with Crippen molar-refractivity contribution in [1.29, 1.82) is 0 Å². The molecule has 7 heterocycles. The van der Waals surface area contributed by atoms with Crippen LogP contribution in [0.4, 0.5) is 0 Å². The number of fused-ring (bicyclic) bond motifs is 6. The first-order valence-electron chi connectivity index (χ1n) is 18.0. The van der Waals surface area contributed by atoms with Gasteiger partial charge >= 0.3 is 0 Å². The van der Waals surface area contributed by atoms with Crippen LogP contribution in [0.5, 0.6) is 0 Å². The molecule has 0 saturated carbocycles. The number of thiophene rings is 1. The molecule has 4 aliphatic rings. The fraction of sp³-hybridized carbons (Fsp3) is 0.0625. The summed E-state index contributed by atoms with van der Waals surface area (Å²) in [6.45, 7) is 4.44. The fourth-order valence-electron chi connectivity index (χ4n) is 9.16. The summed E-state index contributed by atoms with van der Waals surface area (Å²) in [7, 11) is 0. The standard InChI is InChI=1S/C48H31N3S/c1-27-19-31-12-11-29-23-30-13-18-35(29)47(31)32(20-27)24-46-49-41-8-4-5-9-42(41)50(46)33-14-16-34(17-15-33)51-43-26-45-39(36-7-3-6-10-44(36)52-45)25-38(43)40-22-28(2)21-37(30)48(40)51/h3-23,25-26H,24H2,1-2H3. The first-order valence-corrected chi connectivity index (χ1v) is 18.8. The van der Waals surface area contributed by atoms with Gasteiger partial charge in [-0.25, -0.2) is 4.98 Å². The largest absolute Gasteiger partial charge is 0.309 e. The van der Waals surface area contributed by atoms with Crippen molar-refractivity contribution >= 4 is 85.9 Å². The Morgan fingerprint density at radius 3 is 2.23 bits per heavy atom. The summed E-state index contributed by atoms with van der Waals surface area (Å²) in [5, 5.41) is 10.3. The van der Waals surface area contributed by atoms with Crippen molar-refractivity contribution in [1.82, 2.24) is 14.1 Å². The minimum atomic E-state index is 0.728. The van der Waals surface area contributed by atoms with E-state index in [1.165, 1.54) is 91.3 Å². The molecule has 0 fully saturated rings. The van der Waals surface area contributed by atoms with E-state index in [4.69, 9.17) is 4.98 Å². The van der Waals surface area contributed by atoms with Gasteiger partial charge in [-0.3, -0.25) is 4.57 Å². The molecule has 11 aromatic rings. The van der Waals surface area contributed by atoms with Crippen molar-refractivity contribution in [2.75, 3.05) is 0 Å². The molecule has 3 nitrogen and oxygen atoms in total. The van der Waals surface area contributed by atoms with E-state index in [0.29, 0.717) is 0 Å². The lowest BCUT2D eigenvalue weighted by atomic mass is 9.91. The first-order chi connectivity index (χ1) is 25.6. The average molecular weight is 682 g/mol. The molecule has 0 aliphatic carbocycles. The third kappa shape index (κ3) is 3.87. The first kappa shape index (κ1) is 28.5. The lowest BCUT2D eigenvalue weighted by molar-refractivity contribution is 0.935. The maximum atomic E-state index is 5.28. The van der Waals surface area contributed by atoms with E-state index in [1.807, 2.05) is 11.3 Å². The molecule has 0 spiro atoms. The van der Waals surface area contributed by atoms with E-state index in [2.05, 4.69) is 163 Å². The number of hydrogen-bond donors (Lipinski definition) is 0. The molecule has 0 unspecified atom stereocenters. The summed E-state index contributed by atoms with van der Waals surface area (Å²) in [5.41, 5.74) is 13.2. The van der Waals surface area contributed by atoms with Crippen molar-refractivity contribution in [3.8, 4) is 22.5 Å². The van der Waals surface area contributed by atoms with Gasteiger partial charge in [0.05, 0.1) is 22.1 Å². The van der Waals surface area contributed by atoms with Crippen molar-refractivity contribution in [3.05, 3.63) is 162 Å². The van der Waals surface area contributed by atoms with Gasteiger partial charge in [-0.05, 0) is 125 Å². The molecular weight excluding hydrogens is 651 g/mol. The van der Waals surface area contributed by atoms with Crippen molar-refractivity contribution < 1.29 is 0 Å². The summed E-state index contributed by atoms with van der Waals surface area (Å²) in [4.78, 5) is 5.28. The van der Waals surface area contributed by atoms with Gasteiger partial charge in [0.25, 0.3) is 0 Å². The van der Waals surface area contributed by atoms with Gasteiger partial charge in [0.15, 0.2) is 0 Å². The third-order valence-corrected chi connectivity index (χ3v) is 12.5. The molecule has 0 radical (unpaired) electrons. The van der Waals surface area contributed by atoms with Crippen LogP contribution in [0.25, 0.3) is 97.1 Å². The van der Waals surface area contributed by atoms with Crippen LogP contribution in [-0.2, 0) is 6.42 Å². The van der Waals surface area contributed by atoms with Gasteiger partial charge in [0.2, 0.25) is 0 Å². The monoisotopic (exact) mass is 681 g/mol. The van der Waals surface area contributed by atoms with E-state index >= 15 is 0 Å². The van der Waals surface area contributed by atoms with Gasteiger partial charge in [0.1, 0.15) is 5.82 Å². The maximum absolute atomic E-state index is 5.28. The van der Waals surface area contributed by atoms with E-state index < -0.39 is 0 Å². The quantitative estimate of drug-likeness (QED) is 0.146. The summed E-state index contributed by atoms with van der Waals surface area (Å²) in [6.07, 6.45) is 0.728. The molecule has 52 heavy (non-hydrogen) atoms. The molecule has 4 heteroatoms. The molecule has 244 valence electrons. The smallest absolute Gasteiger partial charge is 0.118 e. The Morgan fingerprint density at radius 2 is 1.33 bits per heavy atom.